The highest BCUT2D eigenvalue weighted by atomic mass is 32.2. The number of thioether (sulfide) groups is 1. The van der Waals surface area contributed by atoms with Crippen LogP contribution in [0.4, 0.5) is 0 Å². The largest absolute Gasteiger partial charge is 0.309 e. The summed E-state index contributed by atoms with van der Waals surface area (Å²) in [5.74, 6) is 1.39. The molecule has 2 heterocycles. The van der Waals surface area contributed by atoms with E-state index in [0.29, 0.717) is 5.54 Å². The summed E-state index contributed by atoms with van der Waals surface area (Å²) in [4.78, 5) is 2.70. The lowest BCUT2D eigenvalue weighted by molar-refractivity contribution is 0.124. The van der Waals surface area contributed by atoms with Gasteiger partial charge in [-0.05, 0) is 31.4 Å². The smallest absolute Gasteiger partial charge is 0.0304 e. The van der Waals surface area contributed by atoms with Crippen molar-refractivity contribution in [2.75, 3.05) is 31.9 Å². The summed E-state index contributed by atoms with van der Waals surface area (Å²) in [6, 6.07) is 0. The van der Waals surface area contributed by atoms with Gasteiger partial charge in [0.05, 0.1) is 0 Å². The first-order chi connectivity index (χ1) is 7.78. The van der Waals surface area contributed by atoms with E-state index >= 15 is 0 Å². The van der Waals surface area contributed by atoms with E-state index in [2.05, 4.69) is 35.8 Å². The average molecular weight is 242 g/mol. The van der Waals surface area contributed by atoms with Crippen LogP contribution in [0.5, 0.6) is 0 Å². The van der Waals surface area contributed by atoms with Gasteiger partial charge in [0, 0.05) is 37.0 Å². The molecule has 0 amide bonds. The molecule has 94 valence electrons. The van der Waals surface area contributed by atoms with Crippen LogP contribution in [0.1, 0.15) is 39.5 Å². The Kier molecular flexibility index (Phi) is 4.57. The number of piperazine rings is 1. The van der Waals surface area contributed by atoms with Crippen LogP contribution in [-0.4, -0.2) is 47.6 Å². The minimum atomic E-state index is 0.404. The standard InChI is InChI=1S/C13H26N2S/c1-3-13(4-2)11-15(8-7-14-13)10-12-6-5-9-16-12/h12,14H,3-11H2,1-2H3. The SMILES string of the molecule is CCC1(CC)CN(CC2CCCS2)CCN1. The predicted octanol–water partition coefficient (Wildman–Crippen LogP) is 2.35. The van der Waals surface area contributed by atoms with E-state index in [9.17, 15) is 0 Å². The summed E-state index contributed by atoms with van der Waals surface area (Å²) in [6.07, 6.45) is 5.41. The van der Waals surface area contributed by atoms with Crippen molar-refractivity contribution in [2.24, 2.45) is 0 Å². The molecule has 2 aliphatic heterocycles. The van der Waals surface area contributed by atoms with Gasteiger partial charge in [-0.15, -0.1) is 0 Å². The molecule has 0 aromatic rings. The summed E-state index contributed by atoms with van der Waals surface area (Å²) in [5.41, 5.74) is 0.404. The topological polar surface area (TPSA) is 15.3 Å². The van der Waals surface area contributed by atoms with E-state index in [1.807, 2.05) is 0 Å². The second-order valence-electron chi connectivity index (χ2n) is 5.28. The molecular weight excluding hydrogens is 216 g/mol. The molecule has 1 N–H and O–H groups in total. The second-order valence-corrected chi connectivity index (χ2v) is 6.69. The Morgan fingerprint density at radius 3 is 2.81 bits per heavy atom. The van der Waals surface area contributed by atoms with Crippen molar-refractivity contribution >= 4 is 11.8 Å². The third kappa shape index (κ3) is 2.93. The van der Waals surface area contributed by atoms with Crippen molar-refractivity contribution in [3.63, 3.8) is 0 Å². The van der Waals surface area contributed by atoms with Crippen molar-refractivity contribution in [1.82, 2.24) is 10.2 Å². The Morgan fingerprint density at radius 1 is 1.38 bits per heavy atom. The molecule has 0 radical (unpaired) electrons. The van der Waals surface area contributed by atoms with E-state index in [-0.39, 0.29) is 0 Å². The fourth-order valence-electron chi connectivity index (χ4n) is 3.00. The van der Waals surface area contributed by atoms with Gasteiger partial charge in [-0.2, -0.15) is 11.8 Å². The maximum atomic E-state index is 3.74. The number of nitrogens with one attached hydrogen (secondary N) is 1. The van der Waals surface area contributed by atoms with Crippen LogP contribution < -0.4 is 5.32 Å². The van der Waals surface area contributed by atoms with Crippen LogP contribution in [0, 0.1) is 0 Å². The molecule has 2 nitrogen and oxygen atoms in total. The molecule has 0 aliphatic carbocycles. The van der Waals surface area contributed by atoms with Crippen LogP contribution in [0.2, 0.25) is 0 Å². The van der Waals surface area contributed by atoms with Gasteiger partial charge in [0.25, 0.3) is 0 Å². The normalized spacial score (nSPS) is 30.8. The Labute approximate surface area is 105 Å². The van der Waals surface area contributed by atoms with Gasteiger partial charge in [0.15, 0.2) is 0 Å². The van der Waals surface area contributed by atoms with Crippen LogP contribution in [0.15, 0.2) is 0 Å². The first kappa shape index (κ1) is 12.7. The molecule has 0 bridgehead atoms. The highest BCUT2D eigenvalue weighted by molar-refractivity contribution is 8.00. The van der Waals surface area contributed by atoms with Crippen molar-refractivity contribution in [1.29, 1.82) is 0 Å². The van der Waals surface area contributed by atoms with Crippen molar-refractivity contribution in [2.45, 2.75) is 50.3 Å². The number of hydrogen-bond donors (Lipinski definition) is 1. The van der Waals surface area contributed by atoms with Crippen molar-refractivity contribution < 1.29 is 0 Å². The summed E-state index contributed by atoms with van der Waals surface area (Å²) >= 11 is 2.19. The van der Waals surface area contributed by atoms with Gasteiger partial charge in [0.2, 0.25) is 0 Å². The van der Waals surface area contributed by atoms with E-state index in [1.54, 1.807) is 0 Å². The van der Waals surface area contributed by atoms with Gasteiger partial charge in [0.1, 0.15) is 0 Å². The zero-order valence-electron chi connectivity index (χ0n) is 10.8. The number of nitrogens with zero attached hydrogens (tertiary/aromatic N) is 1. The van der Waals surface area contributed by atoms with E-state index in [4.69, 9.17) is 0 Å². The molecule has 2 fully saturated rings. The first-order valence-corrected chi connectivity index (χ1v) is 7.92. The quantitative estimate of drug-likeness (QED) is 0.815. The third-order valence-electron chi connectivity index (χ3n) is 4.29. The maximum Gasteiger partial charge on any atom is 0.0304 e. The maximum absolute atomic E-state index is 3.74. The van der Waals surface area contributed by atoms with E-state index in [0.717, 1.165) is 5.25 Å². The monoisotopic (exact) mass is 242 g/mol. The zero-order valence-corrected chi connectivity index (χ0v) is 11.6. The molecule has 2 rings (SSSR count). The van der Waals surface area contributed by atoms with Gasteiger partial charge in [-0.1, -0.05) is 13.8 Å². The fraction of sp³-hybridized carbons (Fsp3) is 1.00. The molecule has 1 unspecified atom stereocenters. The minimum absolute atomic E-state index is 0.404. The lowest BCUT2D eigenvalue weighted by Crippen LogP contribution is -2.60. The van der Waals surface area contributed by atoms with E-state index in [1.165, 1.54) is 57.6 Å². The highest BCUT2D eigenvalue weighted by Gasteiger charge is 2.32. The summed E-state index contributed by atoms with van der Waals surface area (Å²) in [6.45, 7) is 9.66. The van der Waals surface area contributed by atoms with E-state index < -0.39 is 0 Å². The zero-order chi connectivity index (χ0) is 11.4. The van der Waals surface area contributed by atoms with Crippen molar-refractivity contribution in [3.8, 4) is 0 Å². The Hall–Kier alpha value is 0.270. The highest BCUT2D eigenvalue weighted by Crippen LogP contribution is 2.28. The molecule has 2 saturated heterocycles. The molecule has 2 aliphatic rings. The predicted molar refractivity (Wildman–Crippen MR) is 73.2 cm³/mol. The van der Waals surface area contributed by atoms with Gasteiger partial charge in [-0.25, -0.2) is 0 Å². The minimum Gasteiger partial charge on any atom is -0.309 e. The molecule has 0 aromatic heterocycles. The Morgan fingerprint density at radius 2 is 2.19 bits per heavy atom. The first-order valence-electron chi connectivity index (χ1n) is 6.87. The average Bonchev–Trinajstić information content (AvgIpc) is 2.82. The molecular formula is C13H26N2S. The lowest BCUT2D eigenvalue weighted by Gasteiger charge is -2.43. The van der Waals surface area contributed by atoms with Crippen LogP contribution in [0.25, 0.3) is 0 Å². The lowest BCUT2D eigenvalue weighted by atomic mass is 9.90. The molecule has 3 heteroatoms. The fourth-order valence-corrected chi connectivity index (χ4v) is 4.31. The van der Waals surface area contributed by atoms with Crippen LogP contribution >= 0.6 is 11.8 Å². The van der Waals surface area contributed by atoms with Gasteiger partial charge < -0.3 is 5.32 Å². The van der Waals surface area contributed by atoms with Crippen LogP contribution in [0.3, 0.4) is 0 Å². The molecule has 0 saturated carbocycles. The molecule has 1 atom stereocenters. The molecule has 0 spiro atoms. The third-order valence-corrected chi connectivity index (χ3v) is 5.67. The number of hydrogen-bond acceptors (Lipinski definition) is 3. The Bertz CT molecular complexity index is 210. The van der Waals surface area contributed by atoms with Gasteiger partial charge >= 0.3 is 0 Å². The molecule has 0 aromatic carbocycles. The Balaban J connectivity index is 1.85. The molecule has 16 heavy (non-hydrogen) atoms. The number of rotatable bonds is 4. The van der Waals surface area contributed by atoms with Crippen LogP contribution in [-0.2, 0) is 0 Å². The summed E-state index contributed by atoms with van der Waals surface area (Å²) in [7, 11) is 0. The van der Waals surface area contributed by atoms with Crippen molar-refractivity contribution in [3.05, 3.63) is 0 Å². The second kappa shape index (κ2) is 5.74. The summed E-state index contributed by atoms with van der Waals surface area (Å²) in [5, 5.41) is 4.66. The van der Waals surface area contributed by atoms with Gasteiger partial charge in [-0.3, -0.25) is 4.90 Å². The summed E-state index contributed by atoms with van der Waals surface area (Å²) < 4.78 is 0.